The number of unbranched alkanes of at least 4 members (excludes halogenated alkanes) is 10. The van der Waals surface area contributed by atoms with Crippen LogP contribution in [0.3, 0.4) is 0 Å². The molecule has 0 saturated carbocycles. The first-order chi connectivity index (χ1) is 10.2. The average Bonchev–Trinajstić information content (AvgIpc) is 2.47. The Morgan fingerprint density at radius 2 is 1.36 bits per heavy atom. The van der Waals surface area contributed by atoms with Crippen molar-refractivity contribution in [3.63, 3.8) is 0 Å². The summed E-state index contributed by atoms with van der Waals surface area (Å²) in [6.45, 7) is 2.24. The predicted molar refractivity (Wildman–Crippen MR) is 85.8 cm³/mol. The summed E-state index contributed by atoms with van der Waals surface area (Å²) in [7, 11) is 0. The van der Waals surface area contributed by atoms with Crippen LogP contribution in [0.15, 0.2) is 12.2 Å². The third-order valence-corrected chi connectivity index (χ3v) is 3.76. The van der Waals surface area contributed by atoms with E-state index in [0.717, 1.165) is 32.1 Å². The number of carbonyl (C=O) groups excluding carboxylic acids is 1. The van der Waals surface area contributed by atoms with Gasteiger partial charge in [0, 0.05) is 0 Å². The van der Waals surface area contributed by atoms with Gasteiger partial charge in [0.25, 0.3) is 0 Å². The second-order valence-corrected chi connectivity index (χ2v) is 5.85. The predicted octanol–water partition coefficient (Wildman–Crippen LogP) is 0.749. The standard InChI is InChI=1S/C18H34O3.Na/c1-2-3-4-5-6-7-8-9-10-11-12-13-14-15-16-17(19)18(20)21;/h9-10,17,19H,2-8,11-16H2,1H3,(H,20,21);/q;+1/p-1/b10-9+;. The molecule has 1 unspecified atom stereocenters. The molecule has 22 heavy (non-hydrogen) atoms. The number of aliphatic hydroxyl groups is 1. The zero-order valence-electron chi connectivity index (χ0n) is 14.7. The maximum Gasteiger partial charge on any atom is 1.00 e. The first kappa shape index (κ1) is 24.4. The fourth-order valence-electron chi connectivity index (χ4n) is 2.35. The molecule has 0 fully saturated rings. The van der Waals surface area contributed by atoms with Crippen LogP contribution in [-0.2, 0) is 4.79 Å². The Morgan fingerprint density at radius 1 is 0.909 bits per heavy atom. The van der Waals surface area contributed by atoms with Crippen molar-refractivity contribution in [2.24, 2.45) is 0 Å². The van der Waals surface area contributed by atoms with Gasteiger partial charge >= 0.3 is 29.6 Å². The molecule has 0 heterocycles. The summed E-state index contributed by atoms with van der Waals surface area (Å²) in [4.78, 5) is 10.3. The third-order valence-electron chi connectivity index (χ3n) is 3.76. The monoisotopic (exact) mass is 320 g/mol. The fraction of sp³-hybridized carbons (Fsp3) is 0.833. The van der Waals surface area contributed by atoms with Crippen LogP contribution in [0.25, 0.3) is 0 Å². The van der Waals surface area contributed by atoms with Crippen LogP contribution >= 0.6 is 0 Å². The van der Waals surface area contributed by atoms with Crippen LogP contribution in [-0.4, -0.2) is 17.2 Å². The second-order valence-electron chi connectivity index (χ2n) is 5.85. The van der Waals surface area contributed by atoms with Crippen molar-refractivity contribution in [2.45, 2.75) is 96.5 Å². The Labute approximate surface area is 158 Å². The van der Waals surface area contributed by atoms with Crippen LogP contribution in [0.4, 0.5) is 0 Å². The number of carbonyl (C=O) groups is 1. The Morgan fingerprint density at radius 3 is 1.86 bits per heavy atom. The second kappa shape index (κ2) is 19.2. The van der Waals surface area contributed by atoms with E-state index >= 15 is 0 Å². The van der Waals surface area contributed by atoms with E-state index in [4.69, 9.17) is 5.11 Å². The summed E-state index contributed by atoms with van der Waals surface area (Å²) in [5, 5.41) is 19.3. The number of hydrogen-bond donors (Lipinski definition) is 1. The zero-order chi connectivity index (χ0) is 15.8. The summed E-state index contributed by atoms with van der Waals surface area (Å²) >= 11 is 0. The topological polar surface area (TPSA) is 60.4 Å². The molecule has 0 rings (SSSR count). The Hall–Kier alpha value is 0.170. The molecular weight excluding hydrogens is 287 g/mol. The minimum atomic E-state index is -1.35. The van der Waals surface area contributed by atoms with Gasteiger partial charge in [-0.2, -0.15) is 0 Å². The molecule has 0 spiro atoms. The van der Waals surface area contributed by atoms with Crippen LogP contribution in [0.2, 0.25) is 0 Å². The van der Waals surface area contributed by atoms with Crippen molar-refractivity contribution >= 4 is 5.97 Å². The molecule has 1 N–H and O–H groups in total. The molecule has 0 saturated heterocycles. The molecule has 0 radical (unpaired) electrons. The Bertz CT molecular complexity index is 267. The van der Waals surface area contributed by atoms with Gasteiger partial charge < -0.3 is 15.0 Å². The van der Waals surface area contributed by atoms with Gasteiger partial charge in [-0.05, 0) is 32.1 Å². The van der Waals surface area contributed by atoms with Gasteiger partial charge in [0.05, 0.1) is 12.1 Å². The van der Waals surface area contributed by atoms with Crippen LogP contribution in [0, 0.1) is 0 Å². The fourth-order valence-corrected chi connectivity index (χ4v) is 2.35. The van der Waals surface area contributed by atoms with E-state index in [-0.39, 0.29) is 29.6 Å². The zero-order valence-corrected chi connectivity index (χ0v) is 16.7. The van der Waals surface area contributed by atoms with E-state index in [9.17, 15) is 9.90 Å². The molecule has 124 valence electrons. The molecule has 0 aliphatic heterocycles. The van der Waals surface area contributed by atoms with Crippen LogP contribution in [0.1, 0.15) is 90.4 Å². The number of aliphatic hydroxyl groups excluding tert-OH is 1. The van der Waals surface area contributed by atoms with Gasteiger partial charge in [0.1, 0.15) is 0 Å². The minimum Gasteiger partial charge on any atom is -0.547 e. The van der Waals surface area contributed by atoms with Crippen molar-refractivity contribution in [3.8, 4) is 0 Å². The van der Waals surface area contributed by atoms with Crippen molar-refractivity contribution in [2.75, 3.05) is 0 Å². The maximum absolute atomic E-state index is 10.3. The van der Waals surface area contributed by atoms with Gasteiger partial charge in [-0.25, -0.2) is 0 Å². The number of allylic oxidation sites excluding steroid dienone is 2. The summed E-state index contributed by atoms with van der Waals surface area (Å²) in [5.41, 5.74) is 0. The third kappa shape index (κ3) is 18.2. The van der Waals surface area contributed by atoms with Crippen molar-refractivity contribution in [1.82, 2.24) is 0 Å². The van der Waals surface area contributed by atoms with Gasteiger partial charge in [-0.1, -0.05) is 70.4 Å². The molecule has 0 amide bonds. The van der Waals surface area contributed by atoms with E-state index in [1.807, 2.05) is 0 Å². The summed E-state index contributed by atoms with van der Waals surface area (Å²) in [5.74, 6) is -1.35. The number of carboxylic acids is 1. The van der Waals surface area contributed by atoms with Crippen molar-refractivity contribution in [1.29, 1.82) is 0 Å². The van der Waals surface area contributed by atoms with E-state index < -0.39 is 12.1 Å². The molecule has 0 aromatic heterocycles. The maximum atomic E-state index is 10.3. The van der Waals surface area contributed by atoms with Gasteiger partial charge in [0.15, 0.2) is 0 Å². The van der Waals surface area contributed by atoms with Crippen molar-refractivity contribution < 1.29 is 44.6 Å². The average molecular weight is 320 g/mol. The molecule has 4 heteroatoms. The number of aliphatic carboxylic acids is 1. The summed E-state index contributed by atoms with van der Waals surface area (Å²) in [6, 6.07) is 0. The molecule has 3 nitrogen and oxygen atoms in total. The smallest absolute Gasteiger partial charge is 0.547 e. The molecule has 0 aliphatic carbocycles. The first-order valence-corrected chi connectivity index (χ1v) is 8.72. The first-order valence-electron chi connectivity index (χ1n) is 8.72. The molecule has 0 aromatic rings. The molecule has 0 aromatic carbocycles. The van der Waals surface area contributed by atoms with Crippen molar-refractivity contribution in [3.05, 3.63) is 12.2 Å². The van der Waals surface area contributed by atoms with E-state index in [1.54, 1.807) is 0 Å². The SMILES string of the molecule is CCCCCCCC/C=C/CCCCCCC(O)C(=O)[O-].[Na+]. The van der Waals surface area contributed by atoms with Crippen LogP contribution < -0.4 is 34.7 Å². The Balaban J connectivity index is 0. The largest absolute Gasteiger partial charge is 1.00 e. The quantitative estimate of drug-likeness (QED) is 0.275. The summed E-state index contributed by atoms with van der Waals surface area (Å²) in [6.07, 6.45) is 18.0. The molecule has 0 bridgehead atoms. The van der Waals surface area contributed by atoms with Gasteiger partial charge in [-0.3, -0.25) is 0 Å². The number of hydrogen-bond acceptors (Lipinski definition) is 3. The molecule has 1 atom stereocenters. The normalized spacial score (nSPS) is 12.3. The molecular formula is C18H33NaO3. The van der Waals surface area contributed by atoms with Crippen LogP contribution in [0.5, 0.6) is 0 Å². The van der Waals surface area contributed by atoms with Gasteiger partial charge in [-0.15, -0.1) is 0 Å². The molecule has 0 aliphatic rings. The van der Waals surface area contributed by atoms with E-state index in [0.29, 0.717) is 6.42 Å². The summed E-state index contributed by atoms with van der Waals surface area (Å²) < 4.78 is 0. The van der Waals surface area contributed by atoms with E-state index in [1.165, 1.54) is 44.9 Å². The Kier molecular flexibility index (Phi) is 21.3. The number of carboxylic acid groups (broad SMARTS) is 1. The van der Waals surface area contributed by atoms with Gasteiger partial charge in [0.2, 0.25) is 0 Å². The number of rotatable bonds is 15. The van der Waals surface area contributed by atoms with E-state index in [2.05, 4.69) is 19.1 Å². The minimum absolute atomic E-state index is 0.